The molecule has 224 valence electrons. The fourth-order valence-electron chi connectivity index (χ4n) is 5.43. The number of aromatic nitrogens is 2. The molecule has 15 heteroatoms. The number of amides is 2. The number of nitrogens with one attached hydrogen (secondary N) is 2. The summed E-state index contributed by atoms with van der Waals surface area (Å²) in [5, 5.41) is 9.99. The number of carbonyl (C=O) groups is 2. The van der Waals surface area contributed by atoms with Crippen LogP contribution in [0.1, 0.15) is 52.0 Å². The second kappa shape index (κ2) is 10.7. The predicted molar refractivity (Wildman–Crippen MR) is 141 cm³/mol. The smallest absolute Gasteiger partial charge is 0.422 e. The molecule has 0 saturated heterocycles. The van der Waals surface area contributed by atoms with Gasteiger partial charge < -0.3 is 15.4 Å². The highest BCUT2D eigenvalue weighted by molar-refractivity contribution is 7.91. The summed E-state index contributed by atoms with van der Waals surface area (Å²) in [6, 6.07) is 9.53. The Balaban J connectivity index is 1.55. The summed E-state index contributed by atoms with van der Waals surface area (Å²) >= 11 is 0. The number of alkyl halides is 5. The Bertz CT molecular complexity index is 1650. The topological polar surface area (TPSA) is 119 Å². The Morgan fingerprint density at radius 1 is 1.19 bits per heavy atom. The number of hydrogen-bond acceptors (Lipinski definition) is 6. The molecule has 1 aliphatic carbocycles. The van der Waals surface area contributed by atoms with Crippen LogP contribution < -0.4 is 15.4 Å². The van der Waals surface area contributed by atoms with Crippen molar-refractivity contribution < 1.29 is 44.7 Å². The van der Waals surface area contributed by atoms with Gasteiger partial charge in [0.15, 0.2) is 16.4 Å². The van der Waals surface area contributed by atoms with Crippen LogP contribution in [0.3, 0.4) is 0 Å². The van der Waals surface area contributed by atoms with Crippen LogP contribution in [0.25, 0.3) is 5.69 Å². The van der Waals surface area contributed by atoms with Crippen molar-refractivity contribution in [3.8, 4) is 11.4 Å². The van der Waals surface area contributed by atoms with Gasteiger partial charge in [0, 0.05) is 18.2 Å². The molecule has 3 aromatic rings. The minimum Gasteiger partial charge on any atom is -0.484 e. The molecular weight excluding hydrogens is 587 g/mol. The van der Waals surface area contributed by atoms with E-state index in [4.69, 9.17) is 4.74 Å². The summed E-state index contributed by atoms with van der Waals surface area (Å²) in [5.41, 5.74) is 0.647. The molecule has 2 N–H and O–H groups in total. The summed E-state index contributed by atoms with van der Waals surface area (Å²) in [5.74, 6) is -2.49. The number of carbonyl (C=O) groups excluding carboxylic acids is 2. The maximum absolute atomic E-state index is 13.6. The molecule has 0 unspecified atom stereocenters. The molecule has 42 heavy (non-hydrogen) atoms. The number of rotatable bonds is 7. The number of hydrogen-bond donors (Lipinski definition) is 2. The molecule has 1 aromatic heterocycles. The van der Waals surface area contributed by atoms with Crippen molar-refractivity contribution in [2.75, 3.05) is 23.9 Å². The molecule has 2 aromatic carbocycles. The van der Waals surface area contributed by atoms with E-state index in [2.05, 4.69) is 15.7 Å². The Morgan fingerprint density at radius 3 is 2.55 bits per heavy atom. The summed E-state index contributed by atoms with van der Waals surface area (Å²) < 4.78 is 93.8. The van der Waals surface area contributed by atoms with Crippen LogP contribution in [0.2, 0.25) is 0 Å². The molecule has 0 fully saturated rings. The van der Waals surface area contributed by atoms with Gasteiger partial charge in [-0.15, -0.1) is 0 Å². The minimum atomic E-state index is -4.50. The molecule has 0 saturated carbocycles. The number of ether oxygens (including phenoxy) is 1. The number of fused-ring (bicyclic) bond motifs is 3. The lowest BCUT2D eigenvalue weighted by Crippen LogP contribution is -2.52. The van der Waals surface area contributed by atoms with Crippen LogP contribution in [0.5, 0.6) is 5.75 Å². The first-order valence-electron chi connectivity index (χ1n) is 12.8. The van der Waals surface area contributed by atoms with Crippen molar-refractivity contribution in [3.63, 3.8) is 0 Å². The van der Waals surface area contributed by atoms with Crippen molar-refractivity contribution in [2.45, 2.75) is 43.8 Å². The first-order chi connectivity index (χ1) is 19.6. The molecular formula is C27H25F5N4O5S. The van der Waals surface area contributed by atoms with Crippen LogP contribution in [0.15, 0.2) is 42.5 Å². The van der Waals surface area contributed by atoms with Gasteiger partial charge in [-0.05, 0) is 54.7 Å². The number of benzene rings is 2. The number of halogens is 5. The standard InChI is InChI=1S/C27H25F5N4O5S/c1-42(39,40)13-21(37)33-24-22-20(35-36(24)17-6-4-15(5-7-17)23(28)29)12-26(34-25(22)38)10-2-3-16-11-18(8-9-19(16)26)41-14-27(30,31)32/h4-9,11,23H,2-3,10,12-14H2,1H3,(H,33,37)(H,34,38)/t26-/m0/s1. The van der Waals surface area contributed by atoms with E-state index in [0.717, 1.165) is 6.26 Å². The maximum atomic E-state index is 13.6. The van der Waals surface area contributed by atoms with Crippen LogP contribution in [-0.4, -0.2) is 54.8 Å². The zero-order valence-electron chi connectivity index (χ0n) is 22.1. The SMILES string of the molecule is CS(=O)(=O)CC(=O)Nc1c2c(nn1-c1ccc(C(F)F)cc1)C[C@]1(CCCc3cc(OCC(F)(F)F)ccc31)NC2=O. The van der Waals surface area contributed by atoms with Crippen LogP contribution in [-0.2, 0) is 33.0 Å². The highest BCUT2D eigenvalue weighted by atomic mass is 32.2. The lowest BCUT2D eigenvalue weighted by atomic mass is 9.72. The van der Waals surface area contributed by atoms with Gasteiger partial charge in [-0.3, -0.25) is 9.59 Å². The van der Waals surface area contributed by atoms with Gasteiger partial charge in [0.05, 0.1) is 16.9 Å². The van der Waals surface area contributed by atoms with Crippen LogP contribution in [0, 0.1) is 0 Å². The van der Waals surface area contributed by atoms with Crippen molar-refractivity contribution >= 4 is 27.5 Å². The van der Waals surface area contributed by atoms with E-state index in [0.29, 0.717) is 30.4 Å². The van der Waals surface area contributed by atoms with E-state index >= 15 is 0 Å². The van der Waals surface area contributed by atoms with Crippen LogP contribution >= 0.6 is 0 Å². The molecule has 0 radical (unpaired) electrons. The van der Waals surface area contributed by atoms with Gasteiger partial charge in [-0.1, -0.05) is 18.2 Å². The Hall–Kier alpha value is -4.01. The second-order valence-electron chi connectivity index (χ2n) is 10.4. The van der Waals surface area contributed by atoms with Gasteiger partial charge in [0.1, 0.15) is 22.9 Å². The average Bonchev–Trinajstić information content (AvgIpc) is 3.24. The molecule has 1 spiro atoms. The van der Waals surface area contributed by atoms with Crippen molar-refractivity contribution in [3.05, 3.63) is 70.4 Å². The zero-order valence-corrected chi connectivity index (χ0v) is 22.9. The van der Waals surface area contributed by atoms with E-state index in [1.165, 1.54) is 41.1 Å². The third-order valence-corrected chi connectivity index (χ3v) is 7.88. The van der Waals surface area contributed by atoms with Crippen molar-refractivity contribution in [1.29, 1.82) is 0 Å². The van der Waals surface area contributed by atoms with Gasteiger partial charge in [-0.2, -0.15) is 18.3 Å². The summed E-state index contributed by atoms with van der Waals surface area (Å²) in [6.45, 7) is -1.44. The number of sulfone groups is 1. The fourth-order valence-corrected chi connectivity index (χ4v) is 5.98. The number of aryl methyl sites for hydroxylation is 1. The van der Waals surface area contributed by atoms with Crippen molar-refractivity contribution in [2.24, 2.45) is 0 Å². The Labute approximate surface area is 237 Å². The highest BCUT2D eigenvalue weighted by Gasteiger charge is 2.45. The Morgan fingerprint density at radius 2 is 1.90 bits per heavy atom. The predicted octanol–water partition coefficient (Wildman–Crippen LogP) is 4.25. The molecule has 2 aliphatic rings. The first kappa shape index (κ1) is 29.5. The van der Waals surface area contributed by atoms with Crippen molar-refractivity contribution in [1.82, 2.24) is 15.1 Å². The third-order valence-electron chi connectivity index (χ3n) is 7.09. The van der Waals surface area contributed by atoms with E-state index in [9.17, 15) is 40.0 Å². The van der Waals surface area contributed by atoms with E-state index < -0.39 is 52.2 Å². The largest absolute Gasteiger partial charge is 0.484 e. The minimum absolute atomic E-state index is 0.0160. The lowest BCUT2D eigenvalue weighted by Gasteiger charge is -2.42. The molecule has 9 nitrogen and oxygen atoms in total. The molecule has 2 heterocycles. The molecule has 0 bridgehead atoms. The third kappa shape index (κ3) is 6.10. The molecule has 5 rings (SSSR count). The second-order valence-corrected chi connectivity index (χ2v) is 12.5. The monoisotopic (exact) mass is 612 g/mol. The van der Waals surface area contributed by atoms with Gasteiger partial charge in [0.2, 0.25) is 5.91 Å². The lowest BCUT2D eigenvalue weighted by molar-refractivity contribution is -0.153. The quantitative estimate of drug-likeness (QED) is 0.385. The molecule has 1 aliphatic heterocycles. The summed E-state index contributed by atoms with van der Waals surface area (Å²) in [6.07, 6.45) is -4.59. The number of anilines is 1. The first-order valence-corrected chi connectivity index (χ1v) is 14.8. The number of nitrogens with zero attached hydrogens (tertiary/aromatic N) is 2. The summed E-state index contributed by atoms with van der Waals surface area (Å²) in [4.78, 5) is 26.2. The highest BCUT2D eigenvalue weighted by Crippen LogP contribution is 2.43. The fraction of sp³-hybridized carbons (Fsp3) is 0.370. The van der Waals surface area contributed by atoms with E-state index in [-0.39, 0.29) is 40.5 Å². The van der Waals surface area contributed by atoms with Gasteiger partial charge >= 0.3 is 6.18 Å². The normalized spacial score (nSPS) is 18.4. The maximum Gasteiger partial charge on any atom is 0.422 e. The van der Waals surface area contributed by atoms with Gasteiger partial charge in [-0.25, -0.2) is 21.9 Å². The summed E-state index contributed by atoms with van der Waals surface area (Å²) in [7, 11) is -3.72. The van der Waals surface area contributed by atoms with Gasteiger partial charge in [0.25, 0.3) is 12.3 Å². The van der Waals surface area contributed by atoms with Crippen LogP contribution in [0.4, 0.5) is 27.8 Å². The average molecular weight is 613 g/mol. The van der Waals surface area contributed by atoms with E-state index in [1.807, 2.05) is 0 Å². The molecule has 2 amide bonds. The van der Waals surface area contributed by atoms with E-state index in [1.54, 1.807) is 6.07 Å². The molecule has 1 atom stereocenters. The Kier molecular flexibility index (Phi) is 7.49. The zero-order chi connectivity index (χ0) is 30.4.